The summed E-state index contributed by atoms with van der Waals surface area (Å²) in [6, 6.07) is 2.57. The first-order valence-electron chi connectivity index (χ1n) is 11.3. The van der Waals surface area contributed by atoms with Crippen LogP contribution < -0.4 is 5.32 Å². The van der Waals surface area contributed by atoms with E-state index in [1.807, 2.05) is 0 Å². The summed E-state index contributed by atoms with van der Waals surface area (Å²) in [7, 11) is 0. The minimum atomic E-state index is -4.75. The predicted molar refractivity (Wildman–Crippen MR) is 115 cm³/mol. The van der Waals surface area contributed by atoms with Gasteiger partial charge in [0.25, 0.3) is 5.91 Å². The molecule has 3 heterocycles. The molecule has 0 radical (unpaired) electrons. The highest BCUT2D eigenvalue weighted by molar-refractivity contribution is 6.30. The van der Waals surface area contributed by atoms with Crippen molar-refractivity contribution in [3.05, 3.63) is 34.2 Å². The first-order chi connectivity index (χ1) is 16.0. The lowest BCUT2D eigenvalue weighted by molar-refractivity contribution is -0.141. The third-order valence-electron chi connectivity index (χ3n) is 6.44. The molecular weight excluding hydrogens is 483 g/mol. The zero-order chi connectivity index (χ0) is 24.5. The number of halogens is 6. The fraction of sp³-hybridized carbons (Fsp3) is 0.636. The molecule has 34 heavy (non-hydrogen) atoms. The van der Waals surface area contributed by atoms with Gasteiger partial charge in [-0.2, -0.15) is 13.2 Å². The molecule has 0 spiro atoms. The molecule has 1 aliphatic carbocycles. The lowest BCUT2D eigenvalue weighted by Crippen LogP contribution is -2.41. The van der Waals surface area contributed by atoms with Gasteiger partial charge in [0.05, 0.1) is 18.9 Å². The number of morpholine rings is 1. The maximum Gasteiger partial charge on any atom is 0.435 e. The van der Waals surface area contributed by atoms with Crippen LogP contribution in [0.3, 0.4) is 0 Å². The third-order valence-corrected chi connectivity index (χ3v) is 6.72. The first kappa shape index (κ1) is 25.1. The number of fused-ring (bicyclic) bond motifs is 1. The van der Waals surface area contributed by atoms with Gasteiger partial charge in [-0.05, 0) is 37.3 Å². The normalized spacial score (nSPS) is 20.1. The standard InChI is InChI=1S/C22H26ClF5N4O2/c23-17-12-15(20(33)29-5-6-31-7-9-34-10-8-31)13-18-30-19(22(26,27)28)16(32(17)18)11-14-1-3-21(24,25)4-2-14/h12-14H,1-11H2,(H,29,33). The number of carbonyl (C=O) groups is 1. The van der Waals surface area contributed by atoms with Crippen molar-refractivity contribution in [3.63, 3.8) is 0 Å². The summed E-state index contributed by atoms with van der Waals surface area (Å²) in [5, 5.41) is 2.66. The minimum Gasteiger partial charge on any atom is -0.379 e. The Balaban J connectivity index is 1.54. The van der Waals surface area contributed by atoms with Crippen molar-refractivity contribution in [2.75, 3.05) is 39.4 Å². The average Bonchev–Trinajstić information content (AvgIpc) is 3.15. The largest absolute Gasteiger partial charge is 0.435 e. The summed E-state index contributed by atoms with van der Waals surface area (Å²) >= 11 is 6.33. The van der Waals surface area contributed by atoms with Crippen molar-refractivity contribution < 1.29 is 31.5 Å². The molecule has 1 N–H and O–H groups in total. The number of aromatic nitrogens is 2. The molecule has 1 saturated carbocycles. The fourth-order valence-electron chi connectivity index (χ4n) is 4.56. The van der Waals surface area contributed by atoms with Gasteiger partial charge >= 0.3 is 6.18 Å². The molecule has 2 aromatic heterocycles. The Morgan fingerprint density at radius 3 is 2.53 bits per heavy atom. The van der Waals surface area contributed by atoms with E-state index in [2.05, 4.69) is 15.2 Å². The smallest absolute Gasteiger partial charge is 0.379 e. The van der Waals surface area contributed by atoms with Crippen LogP contribution in [0.1, 0.15) is 47.4 Å². The fourth-order valence-corrected chi connectivity index (χ4v) is 4.87. The van der Waals surface area contributed by atoms with Crippen molar-refractivity contribution in [1.82, 2.24) is 19.6 Å². The van der Waals surface area contributed by atoms with Crippen LogP contribution in [0.4, 0.5) is 22.0 Å². The second-order valence-corrected chi connectivity index (χ2v) is 9.27. The van der Waals surface area contributed by atoms with Crippen LogP contribution in [0, 0.1) is 5.92 Å². The summed E-state index contributed by atoms with van der Waals surface area (Å²) in [6.07, 6.45) is -5.27. The van der Waals surface area contributed by atoms with E-state index in [-0.39, 0.29) is 60.1 Å². The summed E-state index contributed by atoms with van der Waals surface area (Å²) in [6.45, 7) is 3.78. The van der Waals surface area contributed by atoms with Crippen LogP contribution in [0.5, 0.6) is 0 Å². The zero-order valence-corrected chi connectivity index (χ0v) is 19.2. The van der Waals surface area contributed by atoms with Gasteiger partial charge in [-0.25, -0.2) is 13.8 Å². The molecular formula is C22H26ClF5N4O2. The predicted octanol–water partition coefficient (Wildman–Crippen LogP) is 4.44. The number of rotatable bonds is 6. The van der Waals surface area contributed by atoms with E-state index < -0.39 is 23.7 Å². The Labute approximate surface area is 198 Å². The van der Waals surface area contributed by atoms with E-state index in [1.54, 1.807) is 0 Å². The zero-order valence-electron chi connectivity index (χ0n) is 18.4. The van der Waals surface area contributed by atoms with Gasteiger partial charge in [-0.1, -0.05) is 11.6 Å². The van der Waals surface area contributed by atoms with Crippen molar-refractivity contribution in [1.29, 1.82) is 0 Å². The van der Waals surface area contributed by atoms with Gasteiger partial charge < -0.3 is 10.1 Å². The Morgan fingerprint density at radius 2 is 1.88 bits per heavy atom. The Morgan fingerprint density at radius 1 is 1.21 bits per heavy atom. The van der Waals surface area contributed by atoms with E-state index in [9.17, 15) is 26.7 Å². The minimum absolute atomic E-state index is 0.0725. The van der Waals surface area contributed by atoms with Crippen LogP contribution in [0.15, 0.2) is 12.1 Å². The summed E-state index contributed by atoms with van der Waals surface area (Å²) in [5.41, 5.74) is -1.27. The number of amides is 1. The van der Waals surface area contributed by atoms with Gasteiger partial charge in [0, 0.05) is 44.6 Å². The lowest BCUT2D eigenvalue weighted by atomic mass is 9.83. The van der Waals surface area contributed by atoms with Crippen molar-refractivity contribution >= 4 is 23.2 Å². The molecule has 1 amide bonds. The third kappa shape index (κ3) is 5.80. The van der Waals surface area contributed by atoms with Crippen LogP contribution >= 0.6 is 11.6 Å². The molecule has 0 unspecified atom stereocenters. The highest BCUT2D eigenvalue weighted by Crippen LogP contribution is 2.40. The van der Waals surface area contributed by atoms with E-state index in [1.165, 1.54) is 16.5 Å². The SMILES string of the molecule is O=C(NCCN1CCOCC1)c1cc(Cl)n2c(CC3CCC(F)(F)CC3)c(C(F)(F)F)nc2c1. The van der Waals surface area contributed by atoms with Gasteiger partial charge in [-0.3, -0.25) is 14.1 Å². The highest BCUT2D eigenvalue weighted by atomic mass is 35.5. The Hall–Kier alpha value is -1.98. The first-order valence-corrected chi connectivity index (χ1v) is 11.7. The van der Waals surface area contributed by atoms with Crippen LogP contribution in [-0.2, 0) is 17.3 Å². The summed E-state index contributed by atoms with van der Waals surface area (Å²) in [5.74, 6) is -3.57. The molecule has 6 nitrogen and oxygen atoms in total. The molecule has 0 bridgehead atoms. The number of nitrogens with one attached hydrogen (secondary N) is 1. The topological polar surface area (TPSA) is 58.9 Å². The Bertz CT molecular complexity index is 1030. The monoisotopic (exact) mass is 508 g/mol. The number of hydrogen-bond donors (Lipinski definition) is 1. The van der Waals surface area contributed by atoms with E-state index in [0.29, 0.717) is 26.3 Å². The van der Waals surface area contributed by atoms with Crippen molar-refractivity contribution in [2.45, 2.75) is 44.2 Å². The molecule has 1 aliphatic heterocycles. The van der Waals surface area contributed by atoms with Crippen LogP contribution in [0.25, 0.3) is 5.65 Å². The summed E-state index contributed by atoms with van der Waals surface area (Å²) < 4.78 is 74.7. The quantitative estimate of drug-likeness (QED) is 0.463. The molecule has 188 valence electrons. The second-order valence-electron chi connectivity index (χ2n) is 8.88. The number of imidazole rings is 1. The maximum absolute atomic E-state index is 13.8. The molecule has 0 aromatic carbocycles. The number of pyridine rings is 1. The van der Waals surface area contributed by atoms with E-state index >= 15 is 0 Å². The average molecular weight is 509 g/mol. The molecule has 0 atom stereocenters. The molecule has 12 heteroatoms. The van der Waals surface area contributed by atoms with E-state index in [0.717, 1.165) is 13.1 Å². The Kier molecular flexibility index (Phi) is 7.35. The van der Waals surface area contributed by atoms with E-state index in [4.69, 9.17) is 16.3 Å². The maximum atomic E-state index is 13.8. The molecule has 4 rings (SSSR count). The lowest BCUT2D eigenvalue weighted by Gasteiger charge is -2.28. The molecule has 2 fully saturated rings. The molecule has 1 saturated heterocycles. The van der Waals surface area contributed by atoms with Crippen molar-refractivity contribution in [2.24, 2.45) is 5.92 Å². The van der Waals surface area contributed by atoms with Gasteiger partial charge in [0.1, 0.15) is 10.8 Å². The summed E-state index contributed by atoms with van der Waals surface area (Å²) in [4.78, 5) is 18.5. The number of carbonyl (C=O) groups excluding carboxylic acids is 1. The number of alkyl halides is 5. The van der Waals surface area contributed by atoms with Crippen LogP contribution in [-0.4, -0.2) is 65.5 Å². The van der Waals surface area contributed by atoms with Crippen molar-refractivity contribution in [3.8, 4) is 0 Å². The molecule has 2 aliphatic rings. The number of hydrogen-bond acceptors (Lipinski definition) is 4. The van der Waals surface area contributed by atoms with Crippen LogP contribution in [0.2, 0.25) is 5.15 Å². The van der Waals surface area contributed by atoms with Gasteiger partial charge in [0.2, 0.25) is 5.92 Å². The van der Waals surface area contributed by atoms with Gasteiger partial charge in [0.15, 0.2) is 5.69 Å². The molecule has 2 aromatic rings. The highest BCUT2D eigenvalue weighted by Gasteiger charge is 2.40. The second kappa shape index (κ2) is 9.94. The number of nitrogens with zero attached hydrogens (tertiary/aromatic N) is 3. The van der Waals surface area contributed by atoms with Gasteiger partial charge in [-0.15, -0.1) is 0 Å². The number of ether oxygens (including phenoxy) is 1.